The molecule has 0 spiro atoms. The van der Waals surface area contributed by atoms with E-state index in [1.54, 1.807) is 6.08 Å². The van der Waals surface area contributed by atoms with Crippen LogP contribution in [0.3, 0.4) is 0 Å². The summed E-state index contributed by atoms with van der Waals surface area (Å²) in [5.41, 5.74) is 9.25. The molecule has 6 nitrogen and oxygen atoms in total. The Labute approximate surface area is 213 Å². The van der Waals surface area contributed by atoms with Crippen molar-refractivity contribution in [1.29, 1.82) is 10.5 Å². The normalized spacial score (nSPS) is 11.0. The first-order valence-corrected chi connectivity index (χ1v) is 11.7. The summed E-state index contributed by atoms with van der Waals surface area (Å²) in [4.78, 5) is 0. The van der Waals surface area contributed by atoms with Gasteiger partial charge in [-0.25, -0.2) is 4.68 Å². The van der Waals surface area contributed by atoms with Crippen molar-refractivity contribution >= 4 is 49.3 Å². The molecule has 0 atom stereocenters. The fourth-order valence-corrected chi connectivity index (χ4v) is 4.80. The van der Waals surface area contributed by atoms with Crippen LogP contribution in [0, 0.1) is 22.7 Å². The van der Waals surface area contributed by atoms with Gasteiger partial charge in [-0.05, 0) is 73.3 Å². The van der Waals surface area contributed by atoms with Gasteiger partial charge in [0.15, 0.2) is 0 Å². The third-order valence-corrected chi connectivity index (χ3v) is 6.14. The number of nitrogen functional groups attached to an aromatic ring is 1. The second-order valence-corrected chi connectivity index (χ2v) is 8.93. The van der Waals surface area contributed by atoms with Crippen LogP contribution >= 0.6 is 31.9 Å². The summed E-state index contributed by atoms with van der Waals surface area (Å²) in [5, 5.41) is 24.0. The van der Waals surface area contributed by atoms with Gasteiger partial charge in [-0.2, -0.15) is 15.6 Å². The molecule has 3 aromatic carbocycles. The second-order valence-electron chi connectivity index (χ2n) is 7.23. The number of benzene rings is 3. The molecule has 166 valence electrons. The van der Waals surface area contributed by atoms with Crippen molar-refractivity contribution in [3.8, 4) is 23.6 Å². The summed E-state index contributed by atoms with van der Waals surface area (Å²) in [5.74, 6) is 0.826. The maximum atomic E-state index is 9.87. The number of hydrogen-bond donors (Lipinski definition) is 1. The summed E-state index contributed by atoms with van der Waals surface area (Å²) in [6.45, 7) is 0.415. The molecular formula is C26H17Br2N5O. The third kappa shape index (κ3) is 4.89. The van der Waals surface area contributed by atoms with E-state index in [1.807, 2.05) is 72.8 Å². The summed E-state index contributed by atoms with van der Waals surface area (Å²) in [6.07, 6.45) is 1.66. The standard InChI is InChI=1S/C26H17Br2N5O/c27-22-12-18(13-23(28)25(22)34-16-17-7-3-1-4-8-17)11-19(14-29)24-21(15-30)26(31)33(32-24)20-9-5-2-6-10-20/h1-13H,16,31H2. The molecular weight excluding hydrogens is 558 g/mol. The molecule has 0 saturated heterocycles. The highest BCUT2D eigenvalue weighted by atomic mass is 79.9. The number of nitrogens with zero attached hydrogens (tertiary/aromatic N) is 4. The zero-order valence-corrected chi connectivity index (χ0v) is 20.9. The van der Waals surface area contributed by atoms with Crippen LogP contribution in [0.4, 0.5) is 5.82 Å². The summed E-state index contributed by atoms with van der Waals surface area (Å²) < 4.78 is 8.88. The second kappa shape index (κ2) is 10.4. The van der Waals surface area contributed by atoms with E-state index < -0.39 is 0 Å². The smallest absolute Gasteiger partial charge is 0.148 e. The maximum Gasteiger partial charge on any atom is 0.148 e. The Morgan fingerprint density at radius 2 is 1.62 bits per heavy atom. The molecule has 4 aromatic rings. The Balaban J connectivity index is 1.68. The van der Waals surface area contributed by atoms with Gasteiger partial charge in [0.05, 0.1) is 20.2 Å². The molecule has 0 aliphatic rings. The number of para-hydroxylation sites is 1. The van der Waals surface area contributed by atoms with Crippen LogP contribution < -0.4 is 10.5 Å². The fraction of sp³-hybridized carbons (Fsp3) is 0.0385. The van der Waals surface area contributed by atoms with Gasteiger partial charge in [0.2, 0.25) is 0 Å². The van der Waals surface area contributed by atoms with Crippen LogP contribution in [0.15, 0.2) is 81.7 Å². The highest BCUT2D eigenvalue weighted by Crippen LogP contribution is 2.37. The monoisotopic (exact) mass is 573 g/mol. The predicted molar refractivity (Wildman–Crippen MR) is 139 cm³/mol. The largest absolute Gasteiger partial charge is 0.487 e. The number of nitriles is 2. The van der Waals surface area contributed by atoms with Crippen molar-refractivity contribution in [1.82, 2.24) is 9.78 Å². The molecule has 0 saturated carbocycles. The molecule has 1 aromatic heterocycles. The third-order valence-electron chi connectivity index (χ3n) is 4.97. The van der Waals surface area contributed by atoms with Gasteiger partial charge in [-0.1, -0.05) is 48.5 Å². The van der Waals surface area contributed by atoms with Gasteiger partial charge in [-0.3, -0.25) is 0 Å². The Kier molecular flexibility index (Phi) is 7.12. The molecule has 2 N–H and O–H groups in total. The number of ether oxygens (including phenoxy) is 1. The number of aromatic nitrogens is 2. The lowest BCUT2D eigenvalue weighted by Gasteiger charge is -2.11. The average Bonchev–Trinajstić information content (AvgIpc) is 3.19. The Morgan fingerprint density at radius 3 is 2.21 bits per heavy atom. The molecule has 4 rings (SSSR count). The predicted octanol–water partition coefficient (Wildman–Crippen LogP) is 6.49. The fourth-order valence-electron chi connectivity index (χ4n) is 3.35. The van der Waals surface area contributed by atoms with Crippen molar-refractivity contribution in [2.75, 3.05) is 5.73 Å². The van der Waals surface area contributed by atoms with Gasteiger partial charge >= 0.3 is 0 Å². The van der Waals surface area contributed by atoms with Gasteiger partial charge in [0.1, 0.15) is 41.6 Å². The van der Waals surface area contributed by atoms with Crippen molar-refractivity contribution in [2.45, 2.75) is 6.61 Å². The molecule has 0 aliphatic heterocycles. The van der Waals surface area contributed by atoms with Crippen molar-refractivity contribution in [2.24, 2.45) is 0 Å². The van der Waals surface area contributed by atoms with Crippen molar-refractivity contribution in [3.63, 3.8) is 0 Å². The van der Waals surface area contributed by atoms with Crippen LogP contribution in [0.25, 0.3) is 17.3 Å². The van der Waals surface area contributed by atoms with E-state index in [9.17, 15) is 10.5 Å². The van der Waals surface area contributed by atoms with Gasteiger partial charge in [0, 0.05) is 0 Å². The molecule has 8 heteroatoms. The molecule has 0 aliphatic carbocycles. The van der Waals surface area contributed by atoms with Crippen molar-refractivity contribution in [3.05, 3.63) is 104 Å². The highest BCUT2D eigenvalue weighted by Gasteiger charge is 2.20. The zero-order chi connectivity index (χ0) is 24.1. The number of allylic oxidation sites excluding steroid dienone is 1. The zero-order valence-electron chi connectivity index (χ0n) is 17.7. The first-order chi connectivity index (χ1) is 16.5. The summed E-state index contributed by atoms with van der Waals surface area (Å²) >= 11 is 7.11. The summed E-state index contributed by atoms with van der Waals surface area (Å²) in [6, 6.07) is 27.0. The quantitative estimate of drug-likeness (QED) is 0.265. The molecule has 1 heterocycles. The maximum absolute atomic E-state index is 9.87. The number of rotatable bonds is 6. The lowest BCUT2D eigenvalue weighted by molar-refractivity contribution is 0.302. The number of nitrogens with two attached hydrogens (primary N) is 1. The molecule has 0 bridgehead atoms. The van der Waals surface area contributed by atoms with E-state index in [1.165, 1.54) is 4.68 Å². The Bertz CT molecular complexity index is 1430. The van der Waals surface area contributed by atoms with Crippen LogP contribution in [-0.2, 0) is 6.61 Å². The molecule has 34 heavy (non-hydrogen) atoms. The number of halogens is 2. The van der Waals surface area contributed by atoms with E-state index in [0.29, 0.717) is 18.0 Å². The van der Waals surface area contributed by atoms with Gasteiger partial charge in [0.25, 0.3) is 0 Å². The first kappa shape index (κ1) is 23.3. The number of anilines is 1. The lowest BCUT2D eigenvalue weighted by atomic mass is 10.1. The van der Waals surface area contributed by atoms with Gasteiger partial charge in [-0.15, -0.1) is 0 Å². The van der Waals surface area contributed by atoms with Gasteiger partial charge < -0.3 is 10.5 Å². The Morgan fingerprint density at radius 1 is 1.00 bits per heavy atom. The van der Waals surface area contributed by atoms with E-state index in [0.717, 1.165) is 20.1 Å². The molecule has 0 unspecified atom stereocenters. The van der Waals surface area contributed by atoms with E-state index in [2.05, 4.69) is 49.1 Å². The minimum Gasteiger partial charge on any atom is -0.487 e. The van der Waals surface area contributed by atoms with Crippen LogP contribution in [0.2, 0.25) is 0 Å². The minimum atomic E-state index is 0.151. The van der Waals surface area contributed by atoms with Crippen LogP contribution in [0.1, 0.15) is 22.4 Å². The topological polar surface area (TPSA) is 101 Å². The van der Waals surface area contributed by atoms with E-state index in [4.69, 9.17) is 10.5 Å². The van der Waals surface area contributed by atoms with Crippen molar-refractivity contribution < 1.29 is 4.74 Å². The first-order valence-electron chi connectivity index (χ1n) is 10.1. The highest BCUT2D eigenvalue weighted by molar-refractivity contribution is 9.11. The molecule has 0 radical (unpaired) electrons. The molecule has 0 amide bonds. The summed E-state index contributed by atoms with van der Waals surface area (Å²) in [7, 11) is 0. The van der Waals surface area contributed by atoms with Crippen LogP contribution in [-0.4, -0.2) is 9.78 Å². The SMILES string of the molecule is N#CC(=Cc1cc(Br)c(OCc2ccccc2)c(Br)c1)c1nn(-c2ccccc2)c(N)c1C#N. The minimum absolute atomic E-state index is 0.151. The van der Waals surface area contributed by atoms with E-state index >= 15 is 0 Å². The number of hydrogen-bond acceptors (Lipinski definition) is 5. The van der Waals surface area contributed by atoms with E-state index in [-0.39, 0.29) is 22.6 Å². The lowest BCUT2D eigenvalue weighted by Crippen LogP contribution is -2.02. The average molecular weight is 575 g/mol. The Hall–Kier alpha value is -3.85. The van der Waals surface area contributed by atoms with Crippen LogP contribution in [0.5, 0.6) is 5.75 Å². The molecule has 0 fully saturated rings.